The van der Waals surface area contributed by atoms with Gasteiger partial charge in [-0.2, -0.15) is 0 Å². The van der Waals surface area contributed by atoms with E-state index in [4.69, 9.17) is 27.4 Å². The maximum absolute atomic E-state index is 12.8. The van der Waals surface area contributed by atoms with Crippen LogP contribution in [0, 0.1) is 17.3 Å². The Balaban J connectivity index is 4.85. The SMILES string of the molecule is COCCOCCNC(=S)[C@@H](NC(=O)[C@@H](CC(N)=O)CC(C)C)C(C)(C)C. The van der Waals surface area contributed by atoms with Crippen LogP contribution in [-0.2, 0) is 19.1 Å². The Morgan fingerprint density at radius 2 is 1.78 bits per heavy atom. The van der Waals surface area contributed by atoms with E-state index in [1.807, 2.05) is 34.6 Å². The highest BCUT2D eigenvalue weighted by Crippen LogP contribution is 2.22. The molecule has 0 rings (SSSR count). The Kier molecular flexibility index (Phi) is 12.4. The molecule has 0 spiro atoms. The molecule has 27 heavy (non-hydrogen) atoms. The molecule has 0 aliphatic rings. The first kappa shape index (κ1) is 25.8. The Morgan fingerprint density at radius 1 is 1.15 bits per heavy atom. The van der Waals surface area contributed by atoms with E-state index in [9.17, 15) is 9.59 Å². The Bertz CT molecular complexity index is 478. The molecule has 4 N–H and O–H groups in total. The van der Waals surface area contributed by atoms with E-state index in [0.29, 0.717) is 37.8 Å². The minimum atomic E-state index is -0.475. The molecule has 8 heteroatoms. The van der Waals surface area contributed by atoms with E-state index in [0.717, 1.165) is 0 Å². The molecule has 158 valence electrons. The topological polar surface area (TPSA) is 103 Å². The molecule has 2 atom stereocenters. The van der Waals surface area contributed by atoms with Gasteiger partial charge in [-0.15, -0.1) is 0 Å². The first-order chi connectivity index (χ1) is 12.5. The molecule has 0 aliphatic heterocycles. The second-order valence-electron chi connectivity index (χ2n) is 8.20. The van der Waals surface area contributed by atoms with Crippen LogP contribution in [0.3, 0.4) is 0 Å². The molecule has 0 saturated carbocycles. The minimum absolute atomic E-state index is 0.0361. The van der Waals surface area contributed by atoms with Crippen molar-refractivity contribution < 1.29 is 19.1 Å². The molecule has 0 saturated heterocycles. The van der Waals surface area contributed by atoms with Crippen molar-refractivity contribution in [3.8, 4) is 0 Å². The van der Waals surface area contributed by atoms with Gasteiger partial charge in [-0.25, -0.2) is 0 Å². The standard InChI is InChI=1S/C19H37N3O4S/c1-13(2)11-14(12-15(20)23)17(24)22-16(19(3,4)5)18(27)21-7-8-26-10-9-25-6/h13-14,16H,7-12H2,1-6H3,(H2,20,23)(H,21,27)(H,22,24)/t14-,16-/m1/s1. The molecule has 2 amide bonds. The number of amides is 2. The van der Waals surface area contributed by atoms with Crippen LogP contribution in [-0.4, -0.2) is 56.3 Å². The minimum Gasteiger partial charge on any atom is -0.382 e. The largest absolute Gasteiger partial charge is 0.382 e. The van der Waals surface area contributed by atoms with E-state index in [1.165, 1.54) is 0 Å². The smallest absolute Gasteiger partial charge is 0.224 e. The highest BCUT2D eigenvalue weighted by molar-refractivity contribution is 7.80. The summed E-state index contributed by atoms with van der Waals surface area (Å²) in [5, 5.41) is 6.17. The number of carbonyl (C=O) groups is 2. The summed E-state index contributed by atoms with van der Waals surface area (Å²) in [6.45, 7) is 12.1. The highest BCUT2D eigenvalue weighted by Gasteiger charge is 2.32. The van der Waals surface area contributed by atoms with Gasteiger partial charge in [-0.3, -0.25) is 9.59 Å². The molecule has 0 aromatic heterocycles. The van der Waals surface area contributed by atoms with Crippen molar-refractivity contribution in [2.24, 2.45) is 23.0 Å². The van der Waals surface area contributed by atoms with Gasteiger partial charge in [0, 0.05) is 26.0 Å². The van der Waals surface area contributed by atoms with Crippen molar-refractivity contribution >= 4 is 29.0 Å². The lowest BCUT2D eigenvalue weighted by Gasteiger charge is -2.33. The first-order valence-electron chi connectivity index (χ1n) is 9.42. The number of hydrogen-bond donors (Lipinski definition) is 3. The lowest BCUT2D eigenvalue weighted by Crippen LogP contribution is -2.54. The number of nitrogens with one attached hydrogen (secondary N) is 2. The highest BCUT2D eigenvalue weighted by atomic mass is 32.1. The van der Waals surface area contributed by atoms with E-state index < -0.39 is 11.8 Å². The van der Waals surface area contributed by atoms with Crippen molar-refractivity contribution in [3.63, 3.8) is 0 Å². The number of nitrogens with two attached hydrogens (primary N) is 1. The second-order valence-corrected chi connectivity index (χ2v) is 8.64. The summed E-state index contributed by atoms with van der Waals surface area (Å²) >= 11 is 5.51. The van der Waals surface area contributed by atoms with Crippen LogP contribution in [0.25, 0.3) is 0 Å². The summed E-state index contributed by atoms with van der Waals surface area (Å²) in [6.07, 6.45) is 0.633. The first-order valence-corrected chi connectivity index (χ1v) is 9.82. The van der Waals surface area contributed by atoms with E-state index in [1.54, 1.807) is 7.11 Å². The van der Waals surface area contributed by atoms with Crippen LogP contribution in [0.15, 0.2) is 0 Å². The lowest BCUT2D eigenvalue weighted by molar-refractivity contribution is -0.130. The lowest BCUT2D eigenvalue weighted by atomic mass is 9.85. The molecule has 0 fully saturated rings. The monoisotopic (exact) mass is 403 g/mol. The number of methoxy groups -OCH3 is 1. The normalized spacial score (nSPS) is 13.9. The second kappa shape index (κ2) is 13.0. The third-order valence-corrected chi connectivity index (χ3v) is 4.35. The van der Waals surface area contributed by atoms with Crippen LogP contribution < -0.4 is 16.4 Å². The summed E-state index contributed by atoms with van der Waals surface area (Å²) in [6, 6.07) is -0.360. The zero-order valence-corrected chi connectivity index (χ0v) is 18.4. The number of carbonyl (C=O) groups excluding carboxylic acids is 2. The number of primary amides is 1. The fourth-order valence-corrected chi connectivity index (χ4v) is 3.14. The van der Waals surface area contributed by atoms with Crippen LogP contribution in [0.1, 0.15) is 47.5 Å². The quantitative estimate of drug-likeness (QED) is 0.319. The molecule has 0 bridgehead atoms. The summed E-state index contributed by atoms with van der Waals surface area (Å²) < 4.78 is 10.3. The summed E-state index contributed by atoms with van der Waals surface area (Å²) in [5.41, 5.74) is 5.03. The predicted octanol–water partition coefficient (Wildman–Crippen LogP) is 1.64. The molecule has 0 heterocycles. The zero-order valence-electron chi connectivity index (χ0n) is 17.6. The maximum atomic E-state index is 12.8. The molecule has 0 aromatic carbocycles. The Morgan fingerprint density at radius 3 is 2.26 bits per heavy atom. The molecule has 0 unspecified atom stereocenters. The molecule has 7 nitrogen and oxygen atoms in total. The molecule has 0 aliphatic carbocycles. The van der Waals surface area contributed by atoms with Crippen molar-refractivity contribution in [3.05, 3.63) is 0 Å². The van der Waals surface area contributed by atoms with Gasteiger partial charge in [0.1, 0.15) is 0 Å². The third-order valence-electron chi connectivity index (χ3n) is 3.97. The van der Waals surface area contributed by atoms with Crippen LogP contribution in [0.2, 0.25) is 0 Å². The fraction of sp³-hybridized carbons (Fsp3) is 0.842. The summed E-state index contributed by atoms with van der Waals surface area (Å²) in [5.74, 6) is -0.838. The van der Waals surface area contributed by atoms with Crippen molar-refractivity contribution in [1.82, 2.24) is 10.6 Å². The molecular weight excluding hydrogens is 366 g/mol. The van der Waals surface area contributed by atoms with Crippen LogP contribution in [0.5, 0.6) is 0 Å². The third kappa shape index (κ3) is 11.9. The maximum Gasteiger partial charge on any atom is 0.224 e. The van der Waals surface area contributed by atoms with Gasteiger partial charge in [0.2, 0.25) is 11.8 Å². The number of ether oxygens (including phenoxy) is 2. The van der Waals surface area contributed by atoms with Gasteiger partial charge in [-0.05, 0) is 17.8 Å². The fourth-order valence-electron chi connectivity index (χ4n) is 2.62. The zero-order chi connectivity index (χ0) is 21.0. The van der Waals surface area contributed by atoms with Crippen LogP contribution >= 0.6 is 12.2 Å². The predicted molar refractivity (Wildman–Crippen MR) is 111 cm³/mol. The Hall–Kier alpha value is -1.25. The molecule has 0 radical (unpaired) electrons. The van der Waals surface area contributed by atoms with E-state index in [-0.39, 0.29) is 29.7 Å². The average Bonchev–Trinajstić information content (AvgIpc) is 2.52. The van der Waals surface area contributed by atoms with Crippen molar-refractivity contribution in [2.75, 3.05) is 33.5 Å². The van der Waals surface area contributed by atoms with Gasteiger partial charge < -0.3 is 25.8 Å². The summed E-state index contributed by atoms with van der Waals surface area (Å²) in [4.78, 5) is 24.7. The molecule has 0 aromatic rings. The van der Waals surface area contributed by atoms with Gasteiger partial charge in [0.15, 0.2) is 0 Å². The number of hydrogen-bond acceptors (Lipinski definition) is 5. The van der Waals surface area contributed by atoms with Gasteiger partial charge >= 0.3 is 0 Å². The molecular formula is C19H37N3O4S. The average molecular weight is 404 g/mol. The van der Waals surface area contributed by atoms with Crippen LogP contribution in [0.4, 0.5) is 0 Å². The summed E-state index contributed by atoms with van der Waals surface area (Å²) in [7, 11) is 1.62. The number of thiocarbonyl (C=S) groups is 1. The number of rotatable bonds is 13. The van der Waals surface area contributed by atoms with Crippen molar-refractivity contribution in [2.45, 2.75) is 53.5 Å². The van der Waals surface area contributed by atoms with Crippen molar-refractivity contribution in [1.29, 1.82) is 0 Å². The Labute approximate surface area is 169 Å². The van der Waals surface area contributed by atoms with Gasteiger partial charge in [0.05, 0.1) is 30.9 Å². The van der Waals surface area contributed by atoms with E-state index >= 15 is 0 Å². The van der Waals surface area contributed by atoms with E-state index in [2.05, 4.69) is 10.6 Å². The van der Waals surface area contributed by atoms with Gasteiger partial charge in [0.25, 0.3) is 0 Å². The van der Waals surface area contributed by atoms with Gasteiger partial charge in [-0.1, -0.05) is 46.8 Å².